The van der Waals surface area contributed by atoms with Crippen LogP contribution >= 0.6 is 23.1 Å². The number of aryl methyl sites for hydroxylation is 1. The van der Waals surface area contributed by atoms with Gasteiger partial charge < -0.3 is 10.6 Å². The Labute approximate surface area is 136 Å². The van der Waals surface area contributed by atoms with E-state index in [0.29, 0.717) is 5.13 Å². The second kappa shape index (κ2) is 6.93. The third kappa shape index (κ3) is 3.66. The molecule has 0 bridgehead atoms. The molecule has 3 rings (SSSR count). The maximum atomic E-state index is 12.2. The van der Waals surface area contributed by atoms with Crippen molar-refractivity contribution in [2.75, 3.05) is 16.4 Å². The molecule has 2 N–H and O–H groups in total. The number of thiazole rings is 1. The third-order valence-corrected chi connectivity index (χ3v) is 5.31. The lowest BCUT2D eigenvalue weighted by molar-refractivity contribution is -0.115. The molecule has 5 nitrogen and oxygen atoms in total. The van der Waals surface area contributed by atoms with Crippen LogP contribution in [0.4, 0.5) is 10.8 Å². The summed E-state index contributed by atoms with van der Waals surface area (Å²) >= 11 is 2.75. The van der Waals surface area contributed by atoms with E-state index in [1.807, 2.05) is 24.3 Å². The van der Waals surface area contributed by atoms with Gasteiger partial charge in [-0.3, -0.25) is 9.59 Å². The van der Waals surface area contributed by atoms with Gasteiger partial charge in [0, 0.05) is 17.3 Å². The maximum Gasteiger partial charge on any atom is 0.237 e. The van der Waals surface area contributed by atoms with E-state index in [2.05, 4.69) is 15.6 Å². The fourth-order valence-corrected chi connectivity index (χ4v) is 3.73. The number of amides is 2. The maximum absolute atomic E-state index is 12.2. The SMILES string of the molecule is O=C(CS[C@@H]1CCc2ccccc2NC1=O)Nc1nccs1. The highest BCUT2D eigenvalue weighted by atomic mass is 32.2. The van der Waals surface area contributed by atoms with E-state index in [-0.39, 0.29) is 22.8 Å². The van der Waals surface area contributed by atoms with Gasteiger partial charge in [0.2, 0.25) is 11.8 Å². The van der Waals surface area contributed by atoms with Crippen molar-refractivity contribution in [3.63, 3.8) is 0 Å². The largest absolute Gasteiger partial charge is 0.325 e. The van der Waals surface area contributed by atoms with Gasteiger partial charge in [-0.1, -0.05) is 18.2 Å². The summed E-state index contributed by atoms with van der Waals surface area (Å²) in [6.45, 7) is 0. The fraction of sp³-hybridized carbons (Fsp3) is 0.267. The lowest BCUT2D eigenvalue weighted by atomic mass is 10.1. The van der Waals surface area contributed by atoms with Crippen molar-refractivity contribution in [2.45, 2.75) is 18.1 Å². The molecule has 1 aliphatic heterocycles. The van der Waals surface area contributed by atoms with Crippen LogP contribution in [0.5, 0.6) is 0 Å². The monoisotopic (exact) mass is 333 g/mol. The van der Waals surface area contributed by atoms with Crippen LogP contribution in [0.2, 0.25) is 0 Å². The lowest BCUT2D eigenvalue weighted by Crippen LogP contribution is -2.26. The standard InChI is InChI=1S/C15H15N3O2S2/c19-13(18-15-16-7-8-21-15)9-22-12-6-5-10-3-1-2-4-11(10)17-14(12)20/h1-4,7-8,12H,5-6,9H2,(H,17,20)(H,16,18,19)/t12-/m1/s1. The lowest BCUT2D eigenvalue weighted by Gasteiger charge is -2.12. The molecule has 0 fully saturated rings. The second-order valence-corrected chi connectivity index (χ2v) is 6.96. The molecule has 1 aromatic carbocycles. The summed E-state index contributed by atoms with van der Waals surface area (Å²) in [6.07, 6.45) is 3.21. The number of fused-ring (bicyclic) bond motifs is 1. The Hall–Kier alpha value is -1.86. The van der Waals surface area contributed by atoms with E-state index < -0.39 is 0 Å². The summed E-state index contributed by atoms with van der Waals surface area (Å²) in [5.74, 6) is 0.0834. The molecule has 0 aliphatic carbocycles. The number of rotatable bonds is 4. The zero-order valence-corrected chi connectivity index (χ0v) is 13.4. The Morgan fingerprint density at radius 1 is 1.45 bits per heavy atom. The summed E-state index contributed by atoms with van der Waals surface area (Å²) in [5.41, 5.74) is 2.02. The first-order chi connectivity index (χ1) is 10.7. The Kier molecular flexibility index (Phi) is 4.74. The minimum atomic E-state index is -0.213. The molecule has 2 amide bonds. The minimum absolute atomic E-state index is 0.0306. The van der Waals surface area contributed by atoms with Crippen LogP contribution in [-0.2, 0) is 16.0 Å². The molecule has 114 valence electrons. The van der Waals surface area contributed by atoms with Gasteiger partial charge >= 0.3 is 0 Å². The van der Waals surface area contributed by atoms with E-state index in [4.69, 9.17) is 0 Å². The summed E-state index contributed by atoms with van der Waals surface area (Å²) in [5, 5.41) is 7.84. The van der Waals surface area contributed by atoms with Gasteiger partial charge in [0.1, 0.15) is 0 Å². The van der Waals surface area contributed by atoms with Gasteiger partial charge in [-0.15, -0.1) is 23.1 Å². The van der Waals surface area contributed by atoms with Crippen LogP contribution in [0.3, 0.4) is 0 Å². The molecule has 1 atom stereocenters. The molecule has 1 aliphatic rings. The van der Waals surface area contributed by atoms with Crippen LogP contribution in [-0.4, -0.2) is 27.8 Å². The molecular formula is C15H15N3O2S2. The van der Waals surface area contributed by atoms with Gasteiger partial charge in [0.25, 0.3) is 0 Å². The number of thioether (sulfide) groups is 1. The van der Waals surface area contributed by atoms with E-state index in [1.165, 1.54) is 23.1 Å². The van der Waals surface area contributed by atoms with Crippen LogP contribution in [0.25, 0.3) is 0 Å². The van der Waals surface area contributed by atoms with Gasteiger partial charge in [0.15, 0.2) is 5.13 Å². The number of anilines is 2. The Morgan fingerprint density at radius 3 is 3.14 bits per heavy atom. The molecule has 0 unspecified atom stereocenters. The smallest absolute Gasteiger partial charge is 0.237 e. The number of hydrogen-bond donors (Lipinski definition) is 2. The number of carbonyl (C=O) groups excluding carboxylic acids is 2. The second-order valence-electron chi connectivity index (χ2n) is 4.87. The number of para-hydroxylation sites is 1. The molecule has 7 heteroatoms. The highest BCUT2D eigenvalue weighted by molar-refractivity contribution is 8.01. The fourth-order valence-electron chi connectivity index (χ4n) is 2.27. The number of hydrogen-bond acceptors (Lipinski definition) is 5. The zero-order chi connectivity index (χ0) is 15.4. The Bertz CT molecular complexity index is 673. The Balaban J connectivity index is 1.55. The first kappa shape index (κ1) is 15.1. The molecular weight excluding hydrogens is 318 g/mol. The van der Waals surface area contributed by atoms with Gasteiger partial charge in [0.05, 0.1) is 11.0 Å². The third-order valence-electron chi connectivity index (χ3n) is 3.34. The summed E-state index contributed by atoms with van der Waals surface area (Å²) in [7, 11) is 0. The van der Waals surface area contributed by atoms with Crippen LogP contribution in [0.15, 0.2) is 35.8 Å². The first-order valence-electron chi connectivity index (χ1n) is 6.92. The number of benzene rings is 1. The van der Waals surface area contributed by atoms with Crippen molar-refractivity contribution in [2.24, 2.45) is 0 Å². The molecule has 22 heavy (non-hydrogen) atoms. The normalized spacial score (nSPS) is 17.3. The van der Waals surface area contributed by atoms with Crippen LogP contribution in [0, 0.1) is 0 Å². The van der Waals surface area contributed by atoms with Crippen molar-refractivity contribution in [1.82, 2.24) is 4.98 Å². The number of carbonyl (C=O) groups is 2. The molecule has 0 radical (unpaired) electrons. The van der Waals surface area contributed by atoms with Crippen molar-refractivity contribution in [1.29, 1.82) is 0 Å². The van der Waals surface area contributed by atoms with E-state index in [1.54, 1.807) is 11.6 Å². The summed E-state index contributed by atoms with van der Waals surface area (Å²) < 4.78 is 0. The predicted molar refractivity (Wildman–Crippen MR) is 90.4 cm³/mol. The predicted octanol–water partition coefficient (Wildman–Crippen LogP) is 2.77. The van der Waals surface area contributed by atoms with E-state index in [0.717, 1.165) is 24.1 Å². The van der Waals surface area contributed by atoms with Crippen molar-refractivity contribution >= 4 is 45.7 Å². The van der Waals surface area contributed by atoms with Gasteiger partial charge in [-0.2, -0.15) is 0 Å². The molecule has 0 spiro atoms. The van der Waals surface area contributed by atoms with E-state index >= 15 is 0 Å². The summed E-state index contributed by atoms with van der Waals surface area (Å²) in [4.78, 5) is 28.1. The molecule has 0 saturated heterocycles. The number of nitrogens with one attached hydrogen (secondary N) is 2. The van der Waals surface area contributed by atoms with Crippen molar-refractivity contribution in [3.8, 4) is 0 Å². The first-order valence-corrected chi connectivity index (χ1v) is 8.85. The van der Waals surface area contributed by atoms with Crippen molar-refractivity contribution < 1.29 is 9.59 Å². The average Bonchev–Trinajstić information content (AvgIpc) is 2.95. The van der Waals surface area contributed by atoms with E-state index in [9.17, 15) is 9.59 Å². The molecule has 0 saturated carbocycles. The highest BCUT2D eigenvalue weighted by Crippen LogP contribution is 2.27. The zero-order valence-electron chi connectivity index (χ0n) is 11.7. The average molecular weight is 333 g/mol. The van der Waals surface area contributed by atoms with Gasteiger partial charge in [-0.25, -0.2) is 4.98 Å². The van der Waals surface area contributed by atoms with Crippen LogP contribution < -0.4 is 10.6 Å². The quantitative estimate of drug-likeness (QED) is 0.902. The molecule has 2 aromatic rings. The molecule has 2 heterocycles. The number of nitrogens with zero attached hydrogens (tertiary/aromatic N) is 1. The summed E-state index contributed by atoms with van der Waals surface area (Å²) in [6, 6.07) is 7.82. The Morgan fingerprint density at radius 2 is 2.32 bits per heavy atom. The molecule has 1 aromatic heterocycles. The number of aromatic nitrogens is 1. The van der Waals surface area contributed by atoms with Crippen molar-refractivity contribution in [3.05, 3.63) is 41.4 Å². The van der Waals surface area contributed by atoms with Crippen LogP contribution in [0.1, 0.15) is 12.0 Å². The minimum Gasteiger partial charge on any atom is -0.325 e. The topological polar surface area (TPSA) is 71.1 Å². The van der Waals surface area contributed by atoms with Gasteiger partial charge in [-0.05, 0) is 24.5 Å². The highest BCUT2D eigenvalue weighted by Gasteiger charge is 2.24.